The summed E-state index contributed by atoms with van der Waals surface area (Å²) in [6.07, 6.45) is 13.1. The number of nitrogens with one attached hydrogen (secondary N) is 1. The van der Waals surface area contributed by atoms with Crippen LogP contribution in [0.15, 0.2) is 66.8 Å². The van der Waals surface area contributed by atoms with E-state index in [-0.39, 0.29) is 29.7 Å². The van der Waals surface area contributed by atoms with Gasteiger partial charge in [0.05, 0.1) is 22.5 Å². The largest absolute Gasteiger partial charge is 0.371 e. The van der Waals surface area contributed by atoms with Crippen LogP contribution in [0.5, 0.6) is 0 Å². The van der Waals surface area contributed by atoms with Crippen molar-refractivity contribution in [3.8, 4) is 0 Å². The Balaban J connectivity index is 1.42. The number of amides is 2. The molecule has 6 heteroatoms. The molecule has 2 saturated heterocycles. The number of likely N-dealkylation sites (tertiary alicyclic amines) is 1. The molecular formula is C30H34ClN3O2. The Morgan fingerprint density at radius 3 is 2.56 bits per heavy atom. The molecule has 1 aliphatic carbocycles. The van der Waals surface area contributed by atoms with E-state index < -0.39 is 0 Å². The van der Waals surface area contributed by atoms with Crippen molar-refractivity contribution in [2.45, 2.75) is 45.1 Å². The summed E-state index contributed by atoms with van der Waals surface area (Å²) in [5.41, 5.74) is 3.36. The Morgan fingerprint density at radius 2 is 1.81 bits per heavy atom. The fourth-order valence-corrected chi connectivity index (χ4v) is 6.26. The molecule has 3 aliphatic rings. The van der Waals surface area contributed by atoms with Crippen LogP contribution >= 0.6 is 11.6 Å². The van der Waals surface area contributed by atoms with Crippen molar-refractivity contribution < 1.29 is 9.59 Å². The second-order valence-electron chi connectivity index (χ2n) is 10.1. The van der Waals surface area contributed by atoms with Gasteiger partial charge < -0.3 is 15.1 Å². The number of nitrogens with zero attached hydrogens (tertiary/aromatic N) is 2. The third-order valence-corrected chi connectivity index (χ3v) is 8.07. The summed E-state index contributed by atoms with van der Waals surface area (Å²) in [6, 6.07) is 13.4. The van der Waals surface area contributed by atoms with E-state index in [0.717, 1.165) is 49.3 Å². The monoisotopic (exact) mass is 503 g/mol. The van der Waals surface area contributed by atoms with Gasteiger partial charge in [0, 0.05) is 36.9 Å². The Morgan fingerprint density at radius 1 is 1.00 bits per heavy atom. The van der Waals surface area contributed by atoms with Crippen LogP contribution in [-0.4, -0.2) is 42.4 Å². The van der Waals surface area contributed by atoms with Crippen LogP contribution in [0.3, 0.4) is 0 Å². The molecule has 2 aliphatic heterocycles. The number of allylic oxidation sites excluding steroid dienone is 3. The lowest BCUT2D eigenvalue weighted by Crippen LogP contribution is -2.55. The second-order valence-corrected chi connectivity index (χ2v) is 10.5. The predicted molar refractivity (Wildman–Crippen MR) is 147 cm³/mol. The molecule has 2 aromatic rings. The zero-order valence-corrected chi connectivity index (χ0v) is 21.6. The normalized spacial score (nSPS) is 23.7. The fraction of sp³-hybridized carbons (Fsp3) is 0.400. The van der Waals surface area contributed by atoms with Gasteiger partial charge in [-0.2, -0.15) is 0 Å². The van der Waals surface area contributed by atoms with Crippen molar-refractivity contribution in [3.05, 3.63) is 82.9 Å². The highest BCUT2D eigenvalue weighted by atomic mass is 35.5. The van der Waals surface area contributed by atoms with E-state index in [9.17, 15) is 9.59 Å². The van der Waals surface area contributed by atoms with E-state index in [1.807, 2.05) is 48.2 Å². The Hall–Kier alpha value is -3.05. The van der Waals surface area contributed by atoms with Gasteiger partial charge in [0.25, 0.3) is 5.91 Å². The molecule has 2 fully saturated rings. The van der Waals surface area contributed by atoms with Crippen LogP contribution in [0, 0.1) is 18.8 Å². The Labute approximate surface area is 218 Å². The number of aryl methyl sites for hydroxylation is 1. The van der Waals surface area contributed by atoms with Crippen molar-refractivity contribution >= 4 is 34.8 Å². The van der Waals surface area contributed by atoms with Gasteiger partial charge in [-0.1, -0.05) is 54.1 Å². The summed E-state index contributed by atoms with van der Waals surface area (Å²) >= 11 is 6.50. The zero-order valence-electron chi connectivity index (χ0n) is 20.8. The molecule has 5 rings (SSSR count). The van der Waals surface area contributed by atoms with Crippen molar-refractivity contribution in [2.24, 2.45) is 11.8 Å². The maximum atomic E-state index is 13.9. The van der Waals surface area contributed by atoms with Crippen LogP contribution < -0.4 is 10.2 Å². The molecule has 3 atom stereocenters. The molecule has 0 bridgehead atoms. The number of hydrogen-bond acceptors (Lipinski definition) is 3. The first-order chi connectivity index (χ1) is 17.5. The van der Waals surface area contributed by atoms with E-state index in [0.29, 0.717) is 17.1 Å². The molecule has 2 amide bonds. The van der Waals surface area contributed by atoms with E-state index >= 15 is 0 Å². The van der Waals surface area contributed by atoms with Crippen molar-refractivity contribution in [2.75, 3.05) is 29.9 Å². The van der Waals surface area contributed by atoms with Gasteiger partial charge in [-0.25, -0.2) is 0 Å². The second kappa shape index (κ2) is 10.9. The van der Waals surface area contributed by atoms with Crippen LogP contribution in [0.25, 0.3) is 0 Å². The molecule has 0 radical (unpaired) electrons. The quantitative estimate of drug-likeness (QED) is 0.525. The van der Waals surface area contributed by atoms with Gasteiger partial charge in [-0.15, -0.1) is 0 Å². The molecule has 5 nitrogen and oxygen atoms in total. The number of benzene rings is 2. The lowest BCUT2D eigenvalue weighted by Gasteiger charge is -2.44. The first kappa shape index (κ1) is 24.6. The van der Waals surface area contributed by atoms with E-state index in [1.165, 1.54) is 12.8 Å². The summed E-state index contributed by atoms with van der Waals surface area (Å²) in [7, 11) is 0. The summed E-state index contributed by atoms with van der Waals surface area (Å²) in [5.74, 6) is -0.328. The van der Waals surface area contributed by atoms with E-state index in [2.05, 4.69) is 34.5 Å². The lowest BCUT2D eigenvalue weighted by atomic mass is 9.77. The first-order valence-corrected chi connectivity index (χ1v) is 13.5. The van der Waals surface area contributed by atoms with Crippen molar-refractivity contribution in [1.82, 2.24) is 4.90 Å². The molecule has 0 aromatic heterocycles. The number of anilines is 2. The molecule has 188 valence electrons. The maximum Gasteiger partial charge on any atom is 0.255 e. The minimum Gasteiger partial charge on any atom is -0.371 e. The number of hydrogen-bond donors (Lipinski definition) is 1. The minimum absolute atomic E-state index is 0.0186. The highest BCUT2D eigenvalue weighted by Crippen LogP contribution is 2.36. The third kappa shape index (κ3) is 5.08. The molecule has 2 heterocycles. The lowest BCUT2D eigenvalue weighted by molar-refractivity contribution is -0.123. The van der Waals surface area contributed by atoms with Gasteiger partial charge in [0.15, 0.2) is 0 Å². The average molecular weight is 504 g/mol. The summed E-state index contributed by atoms with van der Waals surface area (Å²) < 4.78 is 0. The molecular weight excluding hydrogens is 470 g/mol. The number of carbonyl (C=O) groups excluding carboxylic acids is 2. The summed E-state index contributed by atoms with van der Waals surface area (Å²) in [6.45, 7) is 4.65. The average Bonchev–Trinajstić information content (AvgIpc) is 3.44. The number of piperidine rings is 1. The molecule has 2 aromatic carbocycles. The highest BCUT2D eigenvalue weighted by Gasteiger charge is 2.42. The van der Waals surface area contributed by atoms with Crippen LogP contribution in [0.2, 0.25) is 5.02 Å². The standard InChI is InChI=1S/C30H34ClN3O2/c1-21-10-7-16-26(31)27(21)30(36)34-19-9-15-25(28(34)22-11-3-2-4-12-22)29(35)32-23-13-8-14-24(20-23)33-17-5-6-18-33/h2-4,7-8,10-11,13-14,16,20,22,25,28H,5-6,9,12,15,17-19H2,1H3,(H,32,35)/t22?,25-,28-/m0/s1. The molecule has 0 spiro atoms. The third-order valence-electron chi connectivity index (χ3n) is 7.76. The van der Waals surface area contributed by atoms with Gasteiger partial charge in [-0.05, 0) is 68.9 Å². The molecule has 0 saturated carbocycles. The van der Waals surface area contributed by atoms with Gasteiger partial charge in [-0.3, -0.25) is 9.59 Å². The highest BCUT2D eigenvalue weighted by molar-refractivity contribution is 6.34. The van der Waals surface area contributed by atoms with E-state index in [1.54, 1.807) is 6.07 Å². The summed E-state index contributed by atoms with van der Waals surface area (Å²) in [5, 5.41) is 3.66. The topological polar surface area (TPSA) is 52.7 Å². The smallest absolute Gasteiger partial charge is 0.255 e. The number of halogens is 1. The van der Waals surface area contributed by atoms with Crippen LogP contribution in [0.4, 0.5) is 11.4 Å². The summed E-state index contributed by atoms with van der Waals surface area (Å²) in [4.78, 5) is 31.9. The number of rotatable bonds is 5. The van der Waals surface area contributed by atoms with Gasteiger partial charge >= 0.3 is 0 Å². The van der Waals surface area contributed by atoms with Gasteiger partial charge in [0.2, 0.25) is 5.91 Å². The first-order valence-electron chi connectivity index (χ1n) is 13.1. The molecule has 1 unspecified atom stereocenters. The number of carbonyl (C=O) groups is 2. The minimum atomic E-state index is -0.304. The Bertz CT molecular complexity index is 1160. The Kier molecular flexibility index (Phi) is 7.47. The van der Waals surface area contributed by atoms with Crippen molar-refractivity contribution in [3.63, 3.8) is 0 Å². The van der Waals surface area contributed by atoms with Crippen molar-refractivity contribution in [1.29, 1.82) is 0 Å². The molecule has 1 N–H and O–H groups in total. The van der Waals surface area contributed by atoms with Crippen LogP contribution in [-0.2, 0) is 4.79 Å². The fourth-order valence-electron chi connectivity index (χ4n) is 5.96. The maximum absolute atomic E-state index is 13.9. The predicted octanol–water partition coefficient (Wildman–Crippen LogP) is 6.24. The zero-order chi connectivity index (χ0) is 25.1. The van der Waals surface area contributed by atoms with E-state index in [4.69, 9.17) is 11.6 Å². The molecule has 36 heavy (non-hydrogen) atoms. The van der Waals surface area contributed by atoms with Gasteiger partial charge in [0.1, 0.15) is 0 Å². The van der Waals surface area contributed by atoms with Crippen LogP contribution in [0.1, 0.15) is 48.0 Å². The SMILES string of the molecule is Cc1cccc(Cl)c1C(=O)N1CCC[C@H](C(=O)Nc2cccc(N3CCCC3)c2)[C@@H]1C1C=CC=CC1.